The predicted octanol–water partition coefficient (Wildman–Crippen LogP) is 0.725. The van der Waals surface area contributed by atoms with Crippen molar-refractivity contribution in [1.82, 2.24) is 9.97 Å². The number of hydrogen-bond donors (Lipinski definition) is 4. The highest BCUT2D eigenvalue weighted by atomic mass is 16.3. The first-order valence-electron chi connectivity index (χ1n) is 5.31. The van der Waals surface area contributed by atoms with Gasteiger partial charge in [0.1, 0.15) is 5.82 Å². The summed E-state index contributed by atoms with van der Waals surface area (Å²) in [5, 5.41) is 12.3. The Bertz CT molecular complexity index is 333. The van der Waals surface area contributed by atoms with Gasteiger partial charge in [0, 0.05) is 12.1 Å². The Hall–Kier alpha value is -1.40. The molecule has 1 rings (SSSR count). The van der Waals surface area contributed by atoms with Crippen LogP contribution in [0.5, 0.6) is 0 Å². The third kappa shape index (κ3) is 3.32. The van der Waals surface area contributed by atoms with Crippen LogP contribution in [0.1, 0.15) is 26.7 Å². The zero-order chi connectivity index (χ0) is 12.0. The highest BCUT2D eigenvalue weighted by molar-refractivity contribution is 5.42. The maximum Gasteiger partial charge on any atom is 0.160 e. The molecule has 0 aliphatic carbocycles. The highest BCUT2D eigenvalue weighted by Crippen LogP contribution is 2.20. The van der Waals surface area contributed by atoms with Crippen molar-refractivity contribution in [2.75, 3.05) is 17.3 Å². The molecule has 1 aromatic heterocycles. The molecule has 1 heterocycles. The minimum atomic E-state index is -0.184. The zero-order valence-electron chi connectivity index (χ0n) is 9.70. The van der Waals surface area contributed by atoms with E-state index in [1.165, 1.54) is 0 Å². The van der Waals surface area contributed by atoms with Crippen LogP contribution in [0, 0.1) is 0 Å². The smallest absolute Gasteiger partial charge is 0.160 e. The minimum Gasteiger partial charge on any atom is -0.396 e. The first-order valence-corrected chi connectivity index (χ1v) is 5.31. The van der Waals surface area contributed by atoms with Gasteiger partial charge in [0.05, 0.1) is 12.4 Å². The molecule has 1 unspecified atom stereocenters. The van der Waals surface area contributed by atoms with Crippen LogP contribution in [0.3, 0.4) is 0 Å². The molecule has 1 atom stereocenters. The summed E-state index contributed by atoms with van der Waals surface area (Å²) in [6, 6.07) is 0. The number of aromatic nitrogens is 2. The number of aliphatic hydroxyl groups is 1. The van der Waals surface area contributed by atoms with Crippen LogP contribution in [0.25, 0.3) is 0 Å². The van der Waals surface area contributed by atoms with Crippen LogP contribution in [0.2, 0.25) is 0 Å². The third-order valence-electron chi connectivity index (χ3n) is 2.66. The Morgan fingerprint density at radius 1 is 1.44 bits per heavy atom. The Balaban J connectivity index is 2.77. The molecule has 0 aromatic carbocycles. The first-order chi connectivity index (χ1) is 7.63. The van der Waals surface area contributed by atoms with E-state index < -0.39 is 0 Å². The molecule has 16 heavy (non-hydrogen) atoms. The number of rotatable bonds is 6. The lowest BCUT2D eigenvalue weighted by atomic mass is 9.95. The maximum absolute atomic E-state index is 9.00. The molecule has 1 aromatic rings. The van der Waals surface area contributed by atoms with E-state index in [0.29, 0.717) is 18.1 Å². The van der Waals surface area contributed by atoms with E-state index in [4.69, 9.17) is 10.9 Å². The molecule has 0 fully saturated rings. The summed E-state index contributed by atoms with van der Waals surface area (Å²) >= 11 is 0. The molecule has 0 radical (unpaired) electrons. The van der Waals surface area contributed by atoms with E-state index in [1.54, 1.807) is 12.4 Å². The number of nitrogens with two attached hydrogens (primary N) is 1. The van der Waals surface area contributed by atoms with Gasteiger partial charge in [0.2, 0.25) is 0 Å². The van der Waals surface area contributed by atoms with Crippen LogP contribution in [0.15, 0.2) is 12.4 Å². The van der Waals surface area contributed by atoms with Crippen LogP contribution >= 0.6 is 0 Å². The summed E-state index contributed by atoms with van der Waals surface area (Å²) in [5.41, 5.74) is 2.26. The Morgan fingerprint density at radius 3 is 2.69 bits per heavy atom. The second-order valence-electron chi connectivity index (χ2n) is 3.95. The molecular weight excluding hydrogens is 206 g/mol. The second kappa shape index (κ2) is 5.62. The topological polar surface area (TPSA) is 96.1 Å². The summed E-state index contributed by atoms with van der Waals surface area (Å²) in [6.07, 6.45) is 4.72. The van der Waals surface area contributed by atoms with Gasteiger partial charge in [-0.3, -0.25) is 4.98 Å². The fourth-order valence-electron chi connectivity index (χ4n) is 1.38. The number of aliphatic hydroxyl groups excluding tert-OH is 1. The van der Waals surface area contributed by atoms with Crippen molar-refractivity contribution in [1.29, 1.82) is 0 Å². The molecule has 0 bridgehead atoms. The molecule has 0 saturated heterocycles. The Kier molecular flexibility index (Phi) is 4.45. The van der Waals surface area contributed by atoms with Crippen molar-refractivity contribution >= 4 is 11.6 Å². The van der Waals surface area contributed by atoms with Gasteiger partial charge in [-0.2, -0.15) is 0 Å². The third-order valence-corrected chi connectivity index (χ3v) is 2.66. The van der Waals surface area contributed by atoms with E-state index in [-0.39, 0.29) is 12.1 Å². The van der Waals surface area contributed by atoms with Gasteiger partial charge in [-0.15, -0.1) is 0 Å². The monoisotopic (exact) mass is 225 g/mol. The van der Waals surface area contributed by atoms with Crippen LogP contribution in [-0.2, 0) is 0 Å². The van der Waals surface area contributed by atoms with Crippen molar-refractivity contribution < 1.29 is 5.11 Å². The molecule has 5 N–H and O–H groups in total. The molecule has 6 heteroatoms. The maximum atomic E-state index is 9.00. The summed E-state index contributed by atoms with van der Waals surface area (Å²) in [6.45, 7) is 4.23. The van der Waals surface area contributed by atoms with E-state index in [0.717, 1.165) is 6.42 Å². The molecule has 0 amide bonds. The summed E-state index contributed by atoms with van der Waals surface area (Å²) < 4.78 is 0. The van der Waals surface area contributed by atoms with E-state index in [2.05, 4.69) is 27.6 Å². The molecule has 0 aliphatic heterocycles. The fraction of sp³-hybridized carbons (Fsp3) is 0.600. The van der Waals surface area contributed by atoms with E-state index in [1.807, 2.05) is 6.92 Å². The van der Waals surface area contributed by atoms with Crippen molar-refractivity contribution in [2.24, 2.45) is 5.84 Å². The van der Waals surface area contributed by atoms with Crippen LogP contribution in [-0.4, -0.2) is 27.2 Å². The largest absolute Gasteiger partial charge is 0.396 e. The lowest BCUT2D eigenvalue weighted by Crippen LogP contribution is -2.35. The molecular formula is C10H19N5O. The average Bonchev–Trinajstić information content (AvgIpc) is 2.29. The number of anilines is 2. The van der Waals surface area contributed by atoms with Gasteiger partial charge < -0.3 is 15.8 Å². The van der Waals surface area contributed by atoms with Gasteiger partial charge >= 0.3 is 0 Å². The number of hydrogen-bond acceptors (Lipinski definition) is 6. The van der Waals surface area contributed by atoms with Crippen molar-refractivity contribution in [2.45, 2.75) is 32.2 Å². The predicted molar refractivity (Wildman–Crippen MR) is 63.9 cm³/mol. The van der Waals surface area contributed by atoms with Crippen molar-refractivity contribution in [3.8, 4) is 0 Å². The normalized spacial score (nSPS) is 14.2. The molecule has 6 nitrogen and oxygen atoms in total. The van der Waals surface area contributed by atoms with Gasteiger partial charge in [0.15, 0.2) is 5.82 Å². The zero-order valence-corrected chi connectivity index (χ0v) is 9.70. The minimum absolute atomic E-state index is 0.138. The Morgan fingerprint density at radius 2 is 2.12 bits per heavy atom. The lowest BCUT2D eigenvalue weighted by molar-refractivity contribution is 0.252. The lowest BCUT2D eigenvalue weighted by Gasteiger charge is -2.29. The number of nitrogen functional groups attached to an aromatic ring is 1. The fourth-order valence-corrected chi connectivity index (χ4v) is 1.38. The quantitative estimate of drug-likeness (QED) is 0.421. The molecule has 0 aliphatic rings. The number of nitrogens with zero attached hydrogens (tertiary/aromatic N) is 2. The number of hydrazine groups is 1. The van der Waals surface area contributed by atoms with Gasteiger partial charge in [-0.05, 0) is 19.8 Å². The van der Waals surface area contributed by atoms with Crippen molar-refractivity contribution in [3.63, 3.8) is 0 Å². The average molecular weight is 225 g/mol. The van der Waals surface area contributed by atoms with Crippen LogP contribution in [0.4, 0.5) is 11.6 Å². The summed E-state index contributed by atoms with van der Waals surface area (Å²) in [4.78, 5) is 8.22. The van der Waals surface area contributed by atoms with Gasteiger partial charge in [-0.25, -0.2) is 10.8 Å². The molecule has 90 valence electrons. The standard InChI is InChI=1S/C10H19N5O/c1-3-10(2,4-5-16)14-8-6-12-7-9(13-8)15-11/h6-7,16H,3-5,11H2,1-2H3,(H2,13,14,15). The van der Waals surface area contributed by atoms with Gasteiger partial charge in [-0.1, -0.05) is 6.92 Å². The number of nitrogens with one attached hydrogen (secondary N) is 2. The van der Waals surface area contributed by atoms with E-state index in [9.17, 15) is 0 Å². The summed E-state index contributed by atoms with van der Waals surface area (Å²) in [7, 11) is 0. The molecule has 0 saturated carbocycles. The summed E-state index contributed by atoms with van der Waals surface area (Å²) in [5.74, 6) is 6.41. The second-order valence-corrected chi connectivity index (χ2v) is 3.95. The Labute approximate surface area is 95.3 Å². The molecule has 0 spiro atoms. The highest BCUT2D eigenvalue weighted by Gasteiger charge is 2.21. The van der Waals surface area contributed by atoms with Crippen LogP contribution < -0.4 is 16.6 Å². The first kappa shape index (κ1) is 12.7. The van der Waals surface area contributed by atoms with Crippen molar-refractivity contribution in [3.05, 3.63) is 12.4 Å². The van der Waals surface area contributed by atoms with Gasteiger partial charge in [0.25, 0.3) is 0 Å². The SMILES string of the molecule is CCC(C)(CCO)Nc1cncc(NN)n1. The van der Waals surface area contributed by atoms with E-state index >= 15 is 0 Å².